The second kappa shape index (κ2) is 12.4. The van der Waals surface area contributed by atoms with Crippen LogP contribution in [-0.4, -0.2) is 62.1 Å². The van der Waals surface area contributed by atoms with E-state index in [1.54, 1.807) is 4.90 Å². The summed E-state index contributed by atoms with van der Waals surface area (Å²) in [7, 11) is 0. The molecule has 2 amide bonds. The monoisotopic (exact) mass is 487 g/mol. The van der Waals surface area contributed by atoms with Gasteiger partial charge in [-0.05, 0) is 42.5 Å². The van der Waals surface area contributed by atoms with E-state index in [4.69, 9.17) is 27.9 Å². The summed E-state index contributed by atoms with van der Waals surface area (Å²) in [5, 5.41) is 14.4. The minimum Gasteiger partial charge on any atom is -0.545 e. The van der Waals surface area contributed by atoms with E-state index in [1.165, 1.54) is 18.2 Å². The third-order valence-corrected chi connectivity index (χ3v) is 5.25. The second-order valence-electron chi connectivity index (χ2n) is 6.86. The molecule has 0 bridgehead atoms. The standard InChI is InChI=1S/C21H21Cl2N3O5.Na/c22-14-1-4-16(5-2-14)25-7-9-26(10-8-25)20(28)13-31-12-19(27)24-18-6-3-15(23)11-17(18)21(29)30;/h1-6,11H,7-10,12-13H2,(H,24,27)(H,29,30);/q;+1/p-1. The predicted molar refractivity (Wildman–Crippen MR) is 115 cm³/mol. The van der Waals surface area contributed by atoms with Gasteiger partial charge in [-0.2, -0.15) is 0 Å². The van der Waals surface area contributed by atoms with E-state index in [-0.39, 0.29) is 58.3 Å². The number of carboxylic acid groups (broad SMARTS) is 1. The molecule has 3 rings (SSSR count). The number of benzene rings is 2. The Morgan fingerprint density at radius 3 is 2.19 bits per heavy atom. The van der Waals surface area contributed by atoms with Crippen molar-refractivity contribution in [2.75, 3.05) is 49.6 Å². The van der Waals surface area contributed by atoms with Crippen LogP contribution in [0.25, 0.3) is 0 Å². The number of nitrogens with zero attached hydrogens (tertiary/aromatic N) is 2. The number of anilines is 2. The second-order valence-corrected chi connectivity index (χ2v) is 7.74. The van der Waals surface area contributed by atoms with Crippen LogP contribution in [-0.2, 0) is 14.3 Å². The molecule has 1 aliphatic heterocycles. The predicted octanol–water partition coefficient (Wildman–Crippen LogP) is -1.34. The topological polar surface area (TPSA) is 102 Å². The van der Waals surface area contributed by atoms with Gasteiger partial charge in [0.25, 0.3) is 0 Å². The number of carbonyl (C=O) groups is 3. The number of carbonyl (C=O) groups excluding carboxylic acids is 3. The molecule has 1 saturated heterocycles. The number of aromatic carboxylic acids is 1. The molecule has 32 heavy (non-hydrogen) atoms. The van der Waals surface area contributed by atoms with E-state index in [0.717, 1.165) is 5.69 Å². The minimum atomic E-state index is -1.47. The molecule has 0 radical (unpaired) electrons. The van der Waals surface area contributed by atoms with Crippen molar-refractivity contribution in [3.8, 4) is 0 Å². The Bertz CT molecular complexity index is 966. The summed E-state index contributed by atoms with van der Waals surface area (Å²) in [6, 6.07) is 11.5. The molecule has 2 aromatic carbocycles. The van der Waals surface area contributed by atoms with Crippen LogP contribution in [0.3, 0.4) is 0 Å². The van der Waals surface area contributed by atoms with E-state index in [0.29, 0.717) is 31.2 Å². The van der Waals surface area contributed by atoms with Gasteiger partial charge in [-0.15, -0.1) is 0 Å². The Hall–Kier alpha value is -1.81. The van der Waals surface area contributed by atoms with Crippen LogP contribution in [0.2, 0.25) is 10.0 Å². The molecule has 11 heteroatoms. The number of carboxylic acids is 1. The number of hydrogen-bond acceptors (Lipinski definition) is 6. The van der Waals surface area contributed by atoms with E-state index in [2.05, 4.69) is 10.2 Å². The zero-order valence-corrected chi connectivity index (χ0v) is 21.0. The van der Waals surface area contributed by atoms with E-state index < -0.39 is 18.5 Å². The van der Waals surface area contributed by atoms with Gasteiger partial charge in [0.1, 0.15) is 13.2 Å². The molecular formula is C21H20Cl2N3NaO5. The summed E-state index contributed by atoms with van der Waals surface area (Å²) in [4.78, 5) is 39.4. The van der Waals surface area contributed by atoms with Crippen LogP contribution in [0.1, 0.15) is 10.4 Å². The summed E-state index contributed by atoms with van der Waals surface area (Å²) in [6.45, 7) is 1.79. The smallest absolute Gasteiger partial charge is 0.545 e. The first kappa shape index (κ1) is 26.4. The van der Waals surface area contributed by atoms with Gasteiger partial charge in [-0.1, -0.05) is 23.2 Å². The van der Waals surface area contributed by atoms with Gasteiger partial charge >= 0.3 is 29.6 Å². The Morgan fingerprint density at radius 2 is 1.56 bits per heavy atom. The first-order chi connectivity index (χ1) is 14.8. The van der Waals surface area contributed by atoms with Crippen LogP contribution >= 0.6 is 23.2 Å². The third-order valence-electron chi connectivity index (χ3n) is 4.76. The van der Waals surface area contributed by atoms with E-state index in [1.807, 2.05) is 24.3 Å². The maximum atomic E-state index is 12.3. The summed E-state index contributed by atoms with van der Waals surface area (Å²) in [6.07, 6.45) is 0. The molecule has 1 fully saturated rings. The van der Waals surface area contributed by atoms with Crippen molar-refractivity contribution >= 4 is 52.4 Å². The molecule has 0 aromatic heterocycles. The first-order valence-electron chi connectivity index (χ1n) is 9.50. The largest absolute Gasteiger partial charge is 1.00 e. The Morgan fingerprint density at radius 1 is 0.938 bits per heavy atom. The number of rotatable bonds is 7. The van der Waals surface area contributed by atoms with Gasteiger partial charge in [0, 0.05) is 53.2 Å². The van der Waals surface area contributed by atoms with Gasteiger partial charge < -0.3 is 29.8 Å². The number of amides is 2. The molecule has 164 valence electrons. The molecule has 0 spiro atoms. The summed E-state index contributed by atoms with van der Waals surface area (Å²) in [5.41, 5.74) is 0.848. The van der Waals surface area contributed by atoms with Crippen LogP contribution in [0.5, 0.6) is 0 Å². The number of piperazine rings is 1. The van der Waals surface area contributed by atoms with Crippen LogP contribution in [0.15, 0.2) is 42.5 Å². The average Bonchev–Trinajstić information content (AvgIpc) is 2.75. The van der Waals surface area contributed by atoms with Crippen molar-refractivity contribution in [1.82, 2.24) is 4.90 Å². The van der Waals surface area contributed by atoms with Crippen molar-refractivity contribution < 1.29 is 53.8 Å². The zero-order valence-electron chi connectivity index (χ0n) is 17.5. The normalized spacial score (nSPS) is 13.3. The molecule has 8 nitrogen and oxygen atoms in total. The van der Waals surface area contributed by atoms with Gasteiger partial charge in [0.15, 0.2) is 0 Å². The minimum absolute atomic E-state index is 0. The molecule has 0 aliphatic carbocycles. The van der Waals surface area contributed by atoms with E-state index >= 15 is 0 Å². The quantitative estimate of drug-likeness (QED) is 0.485. The third kappa shape index (κ3) is 7.37. The molecule has 1 heterocycles. The van der Waals surface area contributed by atoms with Crippen LogP contribution in [0.4, 0.5) is 11.4 Å². The van der Waals surface area contributed by atoms with Crippen molar-refractivity contribution in [3.05, 3.63) is 58.1 Å². The van der Waals surface area contributed by atoms with Crippen molar-refractivity contribution in [2.24, 2.45) is 0 Å². The number of hydrogen-bond donors (Lipinski definition) is 1. The van der Waals surface area contributed by atoms with Crippen LogP contribution in [0, 0.1) is 0 Å². The fraction of sp³-hybridized carbons (Fsp3) is 0.286. The summed E-state index contributed by atoms with van der Waals surface area (Å²) < 4.78 is 5.21. The van der Waals surface area contributed by atoms with E-state index in [9.17, 15) is 19.5 Å². The molecular weight excluding hydrogens is 468 g/mol. The van der Waals surface area contributed by atoms with Gasteiger partial charge in [0.2, 0.25) is 11.8 Å². The van der Waals surface area contributed by atoms with Crippen molar-refractivity contribution in [2.45, 2.75) is 0 Å². The number of ether oxygens (including phenoxy) is 1. The Balaban J connectivity index is 0.00000363. The van der Waals surface area contributed by atoms with Crippen LogP contribution < -0.4 is 44.9 Å². The Kier molecular flexibility index (Phi) is 10.3. The SMILES string of the molecule is O=C(COCC(=O)N1CCN(c2ccc(Cl)cc2)CC1)Nc1ccc(Cl)cc1C(=O)[O-].[Na+]. The van der Waals surface area contributed by atoms with Crippen molar-refractivity contribution in [1.29, 1.82) is 0 Å². The molecule has 0 saturated carbocycles. The van der Waals surface area contributed by atoms with Gasteiger partial charge in [-0.3, -0.25) is 9.59 Å². The Labute approximate surface area is 217 Å². The number of nitrogens with one attached hydrogen (secondary N) is 1. The number of halogens is 2. The maximum absolute atomic E-state index is 12.3. The first-order valence-corrected chi connectivity index (χ1v) is 10.3. The van der Waals surface area contributed by atoms with Gasteiger partial charge in [0.05, 0.1) is 5.97 Å². The summed E-state index contributed by atoms with van der Waals surface area (Å²) in [5.74, 6) is -2.28. The average molecular weight is 488 g/mol. The van der Waals surface area contributed by atoms with Gasteiger partial charge in [-0.25, -0.2) is 0 Å². The summed E-state index contributed by atoms with van der Waals surface area (Å²) >= 11 is 11.7. The zero-order chi connectivity index (χ0) is 22.4. The fourth-order valence-electron chi connectivity index (χ4n) is 3.17. The molecule has 1 N–H and O–H groups in total. The molecule has 1 aliphatic rings. The molecule has 0 atom stereocenters. The molecule has 0 unspecified atom stereocenters. The van der Waals surface area contributed by atoms with Crippen molar-refractivity contribution in [3.63, 3.8) is 0 Å². The fourth-order valence-corrected chi connectivity index (χ4v) is 3.47. The molecule has 2 aromatic rings. The maximum Gasteiger partial charge on any atom is 1.00 e.